The molecule has 0 bridgehead atoms. The van der Waals surface area contributed by atoms with Gasteiger partial charge in [-0.2, -0.15) is 0 Å². The summed E-state index contributed by atoms with van der Waals surface area (Å²) < 4.78 is 0. The predicted molar refractivity (Wildman–Crippen MR) is 191 cm³/mol. The van der Waals surface area contributed by atoms with E-state index >= 15 is 0 Å². The topological polar surface area (TPSA) is 60.7 Å². The lowest BCUT2D eigenvalue weighted by Crippen LogP contribution is -2.27. The monoisotopic (exact) mass is 622 g/mol. The third-order valence-corrected chi connectivity index (χ3v) is 12.5. The van der Waals surface area contributed by atoms with Crippen LogP contribution in [-0.4, -0.2) is 15.3 Å². The first-order chi connectivity index (χ1) is 22.2. The van der Waals surface area contributed by atoms with Gasteiger partial charge in [-0.15, -0.1) is 0 Å². The zero-order valence-electron chi connectivity index (χ0n) is 29.1. The molecule has 0 aliphatic heterocycles. The van der Waals surface area contributed by atoms with Crippen LogP contribution in [0.1, 0.15) is 177 Å². The van der Waals surface area contributed by atoms with Gasteiger partial charge in [0.1, 0.15) is 17.2 Å². The molecule has 0 saturated heterocycles. The molecule has 0 unspecified atom stereocenters. The number of phenolic OH excluding ortho intramolecular Hbond substituents is 3. The van der Waals surface area contributed by atoms with Crippen molar-refractivity contribution in [2.24, 2.45) is 0 Å². The van der Waals surface area contributed by atoms with Crippen LogP contribution in [0, 0.1) is 20.8 Å². The van der Waals surface area contributed by atoms with E-state index < -0.39 is 5.41 Å². The second-order valence-electron chi connectivity index (χ2n) is 15.5. The van der Waals surface area contributed by atoms with Gasteiger partial charge in [0, 0.05) is 33.2 Å². The quantitative estimate of drug-likeness (QED) is 0.234. The molecule has 0 heterocycles. The van der Waals surface area contributed by atoms with Gasteiger partial charge in [-0.1, -0.05) is 101 Å². The van der Waals surface area contributed by atoms with Crippen LogP contribution in [0.15, 0.2) is 36.4 Å². The second-order valence-corrected chi connectivity index (χ2v) is 15.5. The summed E-state index contributed by atoms with van der Waals surface area (Å²) in [5.41, 5.74) is 9.05. The molecule has 248 valence electrons. The van der Waals surface area contributed by atoms with Gasteiger partial charge in [0.2, 0.25) is 0 Å². The van der Waals surface area contributed by atoms with E-state index in [1.807, 2.05) is 0 Å². The molecule has 3 aromatic carbocycles. The maximum atomic E-state index is 12.3. The zero-order valence-corrected chi connectivity index (χ0v) is 29.1. The number of hydrogen-bond acceptors (Lipinski definition) is 3. The Kier molecular flexibility index (Phi) is 10.1. The molecule has 3 aromatic rings. The summed E-state index contributed by atoms with van der Waals surface area (Å²) in [7, 11) is 0. The van der Waals surface area contributed by atoms with Gasteiger partial charge in [0.05, 0.1) is 0 Å². The van der Waals surface area contributed by atoms with Crippen LogP contribution in [0.4, 0.5) is 0 Å². The fourth-order valence-corrected chi connectivity index (χ4v) is 9.78. The van der Waals surface area contributed by atoms with Crippen molar-refractivity contribution >= 4 is 0 Å². The molecular weight excluding hydrogens is 564 g/mol. The fourth-order valence-electron chi connectivity index (χ4n) is 9.78. The molecule has 3 aliphatic rings. The third-order valence-electron chi connectivity index (χ3n) is 12.5. The number of aromatic hydroxyl groups is 3. The summed E-state index contributed by atoms with van der Waals surface area (Å²) in [4.78, 5) is 0. The van der Waals surface area contributed by atoms with Crippen molar-refractivity contribution in [2.45, 2.75) is 160 Å². The highest BCUT2D eigenvalue weighted by Gasteiger charge is 2.38. The molecule has 0 atom stereocenters. The summed E-state index contributed by atoms with van der Waals surface area (Å²) in [6, 6.07) is 13.0. The standard InChI is InChI=1S/C43H58O3/c1-28-20-23-34(40(44)37(28)31-14-8-5-9-15-31)26-27-43(4,35-24-21-29(2)38(41(35)45)32-16-10-6-11-17-32)36-25-22-30(3)39(42(36)46)33-18-12-7-13-19-33/h20-25,31-33,44-46H,5-19,26-27H2,1-4H3. The maximum Gasteiger partial charge on any atom is 0.123 e. The van der Waals surface area contributed by atoms with Crippen LogP contribution in [0.25, 0.3) is 0 Å². The molecule has 6 rings (SSSR count). The van der Waals surface area contributed by atoms with E-state index in [1.54, 1.807) is 0 Å². The van der Waals surface area contributed by atoms with Gasteiger partial charge in [-0.25, -0.2) is 0 Å². The van der Waals surface area contributed by atoms with Crippen molar-refractivity contribution in [3.8, 4) is 17.2 Å². The number of rotatable bonds is 8. The average molecular weight is 623 g/mol. The largest absolute Gasteiger partial charge is 0.507 e. The second kappa shape index (κ2) is 14.0. The Balaban J connectivity index is 1.46. The van der Waals surface area contributed by atoms with Gasteiger partial charge < -0.3 is 15.3 Å². The summed E-state index contributed by atoms with van der Waals surface area (Å²) >= 11 is 0. The van der Waals surface area contributed by atoms with E-state index in [9.17, 15) is 15.3 Å². The van der Waals surface area contributed by atoms with E-state index in [1.165, 1.54) is 74.5 Å². The lowest BCUT2D eigenvalue weighted by Gasteiger charge is -2.36. The van der Waals surface area contributed by atoms with E-state index in [-0.39, 0.29) is 0 Å². The minimum atomic E-state index is -0.648. The van der Waals surface area contributed by atoms with Gasteiger partial charge in [-0.3, -0.25) is 0 Å². The van der Waals surface area contributed by atoms with Crippen LogP contribution in [0.2, 0.25) is 0 Å². The lowest BCUT2D eigenvalue weighted by atomic mass is 9.68. The van der Waals surface area contributed by atoms with E-state index in [4.69, 9.17) is 0 Å². The Labute approximate surface area is 278 Å². The number of hydrogen-bond donors (Lipinski definition) is 3. The van der Waals surface area contributed by atoms with Crippen molar-refractivity contribution in [3.05, 3.63) is 86.5 Å². The molecule has 3 aliphatic carbocycles. The molecule has 3 heteroatoms. The van der Waals surface area contributed by atoms with Crippen LogP contribution in [-0.2, 0) is 11.8 Å². The van der Waals surface area contributed by atoms with Crippen LogP contribution < -0.4 is 0 Å². The highest BCUT2D eigenvalue weighted by Crippen LogP contribution is 2.52. The molecule has 0 aromatic heterocycles. The fraction of sp³-hybridized carbons (Fsp3) is 0.581. The molecule has 3 N–H and O–H groups in total. The number of aryl methyl sites for hydroxylation is 4. The molecule has 0 amide bonds. The lowest BCUT2D eigenvalue weighted by molar-refractivity contribution is 0.382. The predicted octanol–water partition coefficient (Wildman–Crippen LogP) is 11.8. The Bertz CT molecular complexity index is 1440. The minimum absolute atomic E-state index is 0.376. The highest BCUT2D eigenvalue weighted by molar-refractivity contribution is 5.59. The van der Waals surface area contributed by atoms with E-state index in [2.05, 4.69) is 64.1 Å². The number of benzene rings is 3. The molecule has 3 saturated carbocycles. The van der Waals surface area contributed by atoms with Crippen LogP contribution in [0.5, 0.6) is 17.2 Å². The smallest absolute Gasteiger partial charge is 0.123 e. The van der Waals surface area contributed by atoms with E-state index in [0.717, 1.165) is 71.9 Å². The third kappa shape index (κ3) is 6.33. The first kappa shape index (κ1) is 33.0. The molecule has 3 nitrogen and oxygen atoms in total. The first-order valence-electron chi connectivity index (χ1n) is 18.7. The normalized spacial score (nSPS) is 19.0. The van der Waals surface area contributed by atoms with Crippen molar-refractivity contribution in [2.75, 3.05) is 0 Å². The summed E-state index contributed by atoms with van der Waals surface area (Å²) in [6.07, 6.45) is 19.3. The van der Waals surface area contributed by atoms with Crippen LogP contribution in [0.3, 0.4) is 0 Å². The van der Waals surface area contributed by atoms with Gasteiger partial charge >= 0.3 is 0 Å². The van der Waals surface area contributed by atoms with Crippen molar-refractivity contribution in [1.82, 2.24) is 0 Å². The zero-order chi connectivity index (χ0) is 32.4. The summed E-state index contributed by atoms with van der Waals surface area (Å²) in [5, 5.41) is 36.3. The SMILES string of the molecule is Cc1ccc(CCC(C)(c2ccc(C)c(C3CCCCC3)c2O)c2ccc(C)c(C3CCCCC3)c2O)c(O)c1C1CCCCC1. The van der Waals surface area contributed by atoms with Crippen LogP contribution >= 0.6 is 0 Å². The number of phenols is 3. The van der Waals surface area contributed by atoms with Gasteiger partial charge in [-0.05, 0) is 112 Å². The molecule has 0 spiro atoms. The van der Waals surface area contributed by atoms with E-state index in [0.29, 0.717) is 47.8 Å². The highest BCUT2D eigenvalue weighted by atomic mass is 16.3. The van der Waals surface area contributed by atoms with Crippen molar-refractivity contribution in [1.29, 1.82) is 0 Å². The average Bonchev–Trinajstić information content (AvgIpc) is 3.06. The van der Waals surface area contributed by atoms with Gasteiger partial charge in [0.15, 0.2) is 0 Å². The Hall–Kier alpha value is -2.94. The molecule has 46 heavy (non-hydrogen) atoms. The van der Waals surface area contributed by atoms with Crippen molar-refractivity contribution < 1.29 is 15.3 Å². The van der Waals surface area contributed by atoms with Crippen molar-refractivity contribution in [3.63, 3.8) is 0 Å². The minimum Gasteiger partial charge on any atom is -0.507 e. The maximum absolute atomic E-state index is 12.3. The van der Waals surface area contributed by atoms with Gasteiger partial charge in [0.25, 0.3) is 0 Å². The molecular formula is C43H58O3. The summed E-state index contributed by atoms with van der Waals surface area (Å²) in [5.74, 6) is 2.50. The Morgan fingerprint density at radius 2 is 0.848 bits per heavy atom. The molecule has 0 radical (unpaired) electrons. The Morgan fingerprint density at radius 3 is 1.24 bits per heavy atom. The molecule has 3 fully saturated rings. The Morgan fingerprint density at radius 1 is 0.500 bits per heavy atom. The summed E-state index contributed by atoms with van der Waals surface area (Å²) in [6.45, 7) is 8.66. The first-order valence-corrected chi connectivity index (χ1v) is 18.7.